The van der Waals surface area contributed by atoms with Gasteiger partial charge in [0.15, 0.2) is 6.54 Å². The Morgan fingerprint density at radius 3 is 2.80 bits per heavy atom. The van der Waals surface area contributed by atoms with E-state index in [1.54, 1.807) is 0 Å². The summed E-state index contributed by atoms with van der Waals surface area (Å²) >= 11 is 6.07. The van der Waals surface area contributed by atoms with Crippen LogP contribution in [-0.4, -0.2) is 16.5 Å². The van der Waals surface area contributed by atoms with Gasteiger partial charge in [-0.1, -0.05) is 48.0 Å². The Labute approximate surface area is 190 Å². The van der Waals surface area contributed by atoms with E-state index in [9.17, 15) is 4.79 Å². The van der Waals surface area contributed by atoms with Crippen LogP contribution in [-0.2, 0) is 19.5 Å². The van der Waals surface area contributed by atoms with Crippen LogP contribution in [0, 0.1) is 0 Å². The smallest absolute Gasteiger partial charge is 0.244 e. The first-order chi connectivity index (χ1) is 14.1. The third kappa shape index (κ3) is 4.27. The topological polar surface area (TPSA) is 35.1 Å². The third-order valence-electron chi connectivity index (χ3n) is 5.32. The quantitative estimate of drug-likeness (QED) is 0.318. The van der Waals surface area contributed by atoms with Crippen molar-refractivity contribution < 1.29 is 31.1 Å². The minimum absolute atomic E-state index is 0. The van der Waals surface area contributed by atoms with Gasteiger partial charge in [0.2, 0.25) is 12.1 Å². The van der Waals surface area contributed by atoms with E-state index in [1.807, 2.05) is 77.9 Å². The summed E-state index contributed by atoms with van der Waals surface area (Å²) in [6, 6.07) is 19.7. The predicted octanol–water partition coefficient (Wildman–Crippen LogP) is 1.47. The van der Waals surface area contributed by atoms with Crippen LogP contribution in [0.5, 0.6) is 5.75 Å². The number of ether oxygens (including phenoxy) is 1. The molecule has 0 spiro atoms. The summed E-state index contributed by atoms with van der Waals surface area (Å²) in [4.78, 5) is 12.7. The van der Waals surface area contributed by atoms with E-state index in [-0.39, 0.29) is 28.9 Å². The number of imidazole rings is 1. The average Bonchev–Trinajstić information content (AvgIpc) is 3.33. The van der Waals surface area contributed by atoms with E-state index in [1.165, 1.54) is 0 Å². The van der Waals surface area contributed by atoms with E-state index in [2.05, 4.69) is 10.6 Å². The number of hydrogen-bond acceptors (Lipinski definition) is 2. The molecule has 0 saturated heterocycles. The molecular formula is C24H20BrClN2O2. The Bertz CT molecular complexity index is 1220. The number of Topliss-reactive ketones (excluding diaryl/α,β-unsaturated/α-hetero) is 1. The first kappa shape index (κ1) is 20.6. The Morgan fingerprint density at radius 1 is 1.10 bits per heavy atom. The van der Waals surface area contributed by atoms with Gasteiger partial charge < -0.3 is 21.7 Å². The van der Waals surface area contributed by atoms with E-state index in [0.717, 1.165) is 45.6 Å². The van der Waals surface area contributed by atoms with Crippen LogP contribution in [0.3, 0.4) is 0 Å². The lowest BCUT2D eigenvalue weighted by atomic mass is 10.0. The van der Waals surface area contributed by atoms with Gasteiger partial charge in [0.05, 0.1) is 0 Å². The van der Waals surface area contributed by atoms with Crippen LogP contribution in [0.1, 0.15) is 15.9 Å². The molecule has 3 aromatic carbocycles. The van der Waals surface area contributed by atoms with Gasteiger partial charge in [-0.25, -0.2) is 9.13 Å². The Balaban J connectivity index is 0.00000218. The fourth-order valence-electron chi connectivity index (χ4n) is 3.89. The van der Waals surface area contributed by atoms with Crippen molar-refractivity contribution >= 4 is 28.2 Å². The third-order valence-corrected chi connectivity index (χ3v) is 5.56. The van der Waals surface area contributed by atoms with E-state index >= 15 is 0 Å². The van der Waals surface area contributed by atoms with Crippen LogP contribution >= 0.6 is 11.6 Å². The molecule has 1 atom stereocenters. The number of ketones is 1. The number of hydrogen-bond donors (Lipinski definition) is 0. The zero-order chi connectivity index (χ0) is 19.8. The normalized spacial score (nSPS) is 14.8. The minimum atomic E-state index is 0. The molecule has 2 heterocycles. The molecule has 4 nitrogen and oxygen atoms in total. The van der Waals surface area contributed by atoms with Crippen LogP contribution in [0.4, 0.5) is 0 Å². The molecule has 5 rings (SSSR count). The predicted molar refractivity (Wildman–Crippen MR) is 112 cm³/mol. The molecule has 1 unspecified atom stereocenters. The summed E-state index contributed by atoms with van der Waals surface area (Å²) in [5.41, 5.74) is 1.88. The minimum Gasteiger partial charge on any atom is -1.00 e. The molecule has 30 heavy (non-hydrogen) atoms. The molecule has 4 aromatic rings. The van der Waals surface area contributed by atoms with E-state index < -0.39 is 0 Å². The second-order valence-corrected chi connectivity index (χ2v) is 7.90. The zero-order valence-electron chi connectivity index (χ0n) is 16.2. The maximum absolute atomic E-state index is 12.7. The summed E-state index contributed by atoms with van der Waals surface area (Å²) in [6.45, 7) is 1.04. The highest BCUT2D eigenvalue weighted by atomic mass is 79.9. The number of aromatic nitrogens is 2. The summed E-state index contributed by atoms with van der Waals surface area (Å²) < 4.78 is 9.99. The second kappa shape index (κ2) is 8.62. The number of nitrogens with zero attached hydrogens (tertiary/aromatic N) is 2. The van der Waals surface area contributed by atoms with Crippen LogP contribution in [0.25, 0.3) is 10.8 Å². The van der Waals surface area contributed by atoms with Crippen molar-refractivity contribution in [3.63, 3.8) is 0 Å². The van der Waals surface area contributed by atoms with Gasteiger partial charge >= 0.3 is 0 Å². The number of rotatable bonds is 5. The largest absolute Gasteiger partial charge is 1.00 e. The molecule has 1 aliphatic rings. The van der Waals surface area contributed by atoms with E-state index in [0.29, 0.717) is 6.54 Å². The molecule has 6 heteroatoms. The fourth-order valence-corrected chi connectivity index (χ4v) is 4.08. The van der Waals surface area contributed by atoms with Crippen molar-refractivity contribution in [1.82, 2.24) is 4.57 Å². The molecule has 0 aliphatic carbocycles. The Hall–Kier alpha value is -2.63. The molecule has 152 valence electrons. The van der Waals surface area contributed by atoms with Gasteiger partial charge in [0.1, 0.15) is 30.8 Å². The lowest BCUT2D eigenvalue weighted by Crippen LogP contribution is -3.00. The molecule has 1 aliphatic heterocycles. The molecule has 0 saturated carbocycles. The summed E-state index contributed by atoms with van der Waals surface area (Å²) in [6.07, 6.45) is 6.77. The van der Waals surface area contributed by atoms with Crippen molar-refractivity contribution in [3.05, 3.63) is 95.5 Å². The molecule has 0 bridgehead atoms. The fraction of sp³-hybridized carbons (Fsp3) is 0.167. The van der Waals surface area contributed by atoms with Crippen molar-refractivity contribution in [1.29, 1.82) is 0 Å². The molecule has 0 fully saturated rings. The highest BCUT2D eigenvalue weighted by Crippen LogP contribution is 2.31. The Morgan fingerprint density at radius 2 is 1.93 bits per heavy atom. The average molecular weight is 484 g/mol. The second-order valence-electron chi connectivity index (χ2n) is 7.46. The first-order valence-electron chi connectivity index (χ1n) is 9.66. The molecule has 1 aromatic heterocycles. The van der Waals surface area contributed by atoms with Crippen LogP contribution in [0.15, 0.2) is 79.4 Å². The monoisotopic (exact) mass is 482 g/mol. The number of halogens is 2. The maximum Gasteiger partial charge on any atom is 0.244 e. The van der Waals surface area contributed by atoms with Gasteiger partial charge in [-0.2, -0.15) is 0 Å². The van der Waals surface area contributed by atoms with Crippen molar-refractivity contribution in [2.45, 2.75) is 25.6 Å². The zero-order valence-corrected chi connectivity index (χ0v) is 18.5. The van der Waals surface area contributed by atoms with Crippen molar-refractivity contribution in [2.24, 2.45) is 0 Å². The van der Waals surface area contributed by atoms with Gasteiger partial charge in [-0.3, -0.25) is 4.79 Å². The first-order valence-corrected chi connectivity index (χ1v) is 10.0. The van der Waals surface area contributed by atoms with Gasteiger partial charge in [-0.05, 0) is 40.6 Å². The van der Waals surface area contributed by atoms with Gasteiger partial charge in [-0.15, -0.1) is 0 Å². The number of carbonyl (C=O) groups excluding carboxylic acids is 1. The SMILES string of the molecule is O=C(C[n+]1ccn(CC2Cc3cc(Cl)ccc3O2)c1)c1ccc2ccccc2c1.[Br-]. The number of carbonyl (C=O) groups is 1. The molecule has 0 amide bonds. The molecule has 0 N–H and O–H groups in total. The summed E-state index contributed by atoms with van der Waals surface area (Å²) in [7, 11) is 0. The highest BCUT2D eigenvalue weighted by Gasteiger charge is 2.25. The summed E-state index contributed by atoms with van der Waals surface area (Å²) in [5.74, 6) is 1.00. The maximum atomic E-state index is 12.7. The molecule has 0 radical (unpaired) electrons. The molecular weight excluding hydrogens is 464 g/mol. The number of benzene rings is 3. The standard InChI is InChI=1S/C24H20ClN2O2.BrH/c25-21-7-8-24-20(12-21)13-22(29-24)14-26-9-10-27(16-26)15-23(28)19-6-5-17-3-1-2-4-18(17)11-19;/h1-12,16,22H,13-15H2;1H/q+1;/p-1. The van der Waals surface area contributed by atoms with Crippen molar-refractivity contribution in [3.8, 4) is 5.75 Å². The van der Waals surface area contributed by atoms with Gasteiger partial charge in [0, 0.05) is 17.0 Å². The van der Waals surface area contributed by atoms with Crippen LogP contribution in [0.2, 0.25) is 5.02 Å². The Kier molecular flexibility index (Phi) is 5.93. The van der Waals surface area contributed by atoms with Crippen molar-refractivity contribution in [2.75, 3.05) is 0 Å². The summed E-state index contributed by atoms with van der Waals surface area (Å²) in [5, 5.41) is 2.96. The van der Waals surface area contributed by atoms with E-state index in [4.69, 9.17) is 16.3 Å². The lowest BCUT2D eigenvalue weighted by Gasteiger charge is -2.07. The lowest BCUT2D eigenvalue weighted by molar-refractivity contribution is -0.682. The van der Waals surface area contributed by atoms with Gasteiger partial charge in [0.25, 0.3) is 0 Å². The number of fused-ring (bicyclic) bond motifs is 2. The highest BCUT2D eigenvalue weighted by molar-refractivity contribution is 6.30. The van der Waals surface area contributed by atoms with Crippen LogP contribution < -0.4 is 26.3 Å².